The summed E-state index contributed by atoms with van der Waals surface area (Å²) in [6, 6.07) is 10.6. The maximum absolute atomic E-state index is 13.5. The van der Waals surface area contributed by atoms with E-state index < -0.39 is 35.7 Å². The lowest BCUT2D eigenvalue weighted by atomic mass is 10.1. The van der Waals surface area contributed by atoms with Crippen molar-refractivity contribution in [2.45, 2.75) is 39.4 Å². The molecule has 0 radical (unpaired) electrons. The Balaban J connectivity index is 1.54. The predicted octanol–water partition coefficient (Wildman–Crippen LogP) is 6.47. The summed E-state index contributed by atoms with van der Waals surface area (Å²) >= 11 is 0. The standard InChI is InChI=1S/C29H23F6N5O2/c1-16-12-20(26-36-13-17(2)39(26)3)19-6-4-8-23(25(19)37-16)42-15-18-9-10-24(29(33,34)35)38-22(18)14-40-11-5-7-21(27(40)41)28(30,31)32/h4-13H,14-15H2,1-3H3. The van der Waals surface area contributed by atoms with Crippen molar-refractivity contribution >= 4 is 10.9 Å². The first-order chi connectivity index (χ1) is 19.7. The third-order valence-corrected chi connectivity index (χ3v) is 6.78. The quantitative estimate of drug-likeness (QED) is 0.213. The molecule has 218 valence electrons. The topological polar surface area (TPSA) is 74.8 Å². The van der Waals surface area contributed by atoms with Crippen LogP contribution in [-0.4, -0.2) is 24.1 Å². The molecule has 0 bridgehead atoms. The Bertz CT molecular complexity index is 1860. The predicted molar refractivity (Wildman–Crippen MR) is 142 cm³/mol. The van der Waals surface area contributed by atoms with Gasteiger partial charge in [0.1, 0.15) is 35.0 Å². The fraction of sp³-hybridized carbons (Fsp3) is 0.241. The second-order valence-electron chi connectivity index (χ2n) is 9.69. The number of aryl methyl sites for hydroxylation is 2. The second kappa shape index (κ2) is 10.6. The lowest BCUT2D eigenvalue weighted by Crippen LogP contribution is -2.29. The molecule has 4 aromatic heterocycles. The molecule has 0 spiro atoms. The van der Waals surface area contributed by atoms with Crippen molar-refractivity contribution in [1.82, 2.24) is 24.1 Å². The molecule has 1 aromatic carbocycles. The van der Waals surface area contributed by atoms with E-state index in [9.17, 15) is 31.1 Å². The highest BCUT2D eigenvalue weighted by molar-refractivity contribution is 5.96. The van der Waals surface area contributed by atoms with Gasteiger partial charge in [0.05, 0.1) is 12.2 Å². The molecule has 0 N–H and O–H groups in total. The van der Waals surface area contributed by atoms with E-state index in [1.165, 1.54) is 0 Å². The van der Waals surface area contributed by atoms with Crippen molar-refractivity contribution in [2.75, 3.05) is 0 Å². The largest absolute Gasteiger partial charge is 0.487 e. The van der Waals surface area contributed by atoms with Crippen molar-refractivity contribution in [3.63, 3.8) is 0 Å². The molecule has 0 aliphatic carbocycles. The van der Waals surface area contributed by atoms with E-state index in [0.717, 1.165) is 41.0 Å². The minimum absolute atomic E-state index is 0.150. The van der Waals surface area contributed by atoms with E-state index in [4.69, 9.17) is 4.74 Å². The number of aromatic nitrogens is 5. The van der Waals surface area contributed by atoms with E-state index in [0.29, 0.717) is 33.4 Å². The number of hydrogen-bond donors (Lipinski definition) is 0. The van der Waals surface area contributed by atoms with E-state index in [-0.39, 0.29) is 17.9 Å². The van der Waals surface area contributed by atoms with Crippen molar-refractivity contribution in [3.05, 3.63) is 105 Å². The van der Waals surface area contributed by atoms with Gasteiger partial charge in [0, 0.05) is 47.3 Å². The van der Waals surface area contributed by atoms with Crippen LogP contribution in [0, 0.1) is 13.8 Å². The molecule has 0 aliphatic heterocycles. The molecule has 0 atom stereocenters. The summed E-state index contributed by atoms with van der Waals surface area (Å²) in [5.74, 6) is 1.03. The number of alkyl halides is 6. The van der Waals surface area contributed by atoms with Crippen LogP contribution < -0.4 is 10.3 Å². The first-order valence-electron chi connectivity index (χ1n) is 12.6. The smallest absolute Gasteiger partial charge is 0.433 e. The van der Waals surface area contributed by atoms with Crippen LogP contribution >= 0.6 is 0 Å². The van der Waals surface area contributed by atoms with Gasteiger partial charge in [0.2, 0.25) is 0 Å². The lowest BCUT2D eigenvalue weighted by Gasteiger charge is -2.16. The average molecular weight is 588 g/mol. The fourth-order valence-electron chi connectivity index (χ4n) is 4.55. The monoisotopic (exact) mass is 587 g/mol. The average Bonchev–Trinajstić information content (AvgIpc) is 3.25. The Kier molecular flexibility index (Phi) is 7.29. The van der Waals surface area contributed by atoms with Gasteiger partial charge in [-0.25, -0.2) is 15.0 Å². The lowest BCUT2D eigenvalue weighted by molar-refractivity contribution is -0.141. The van der Waals surface area contributed by atoms with Crippen molar-refractivity contribution in [3.8, 4) is 17.1 Å². The zero-order chi connectivity index (χ0) is 30.4. The van der Waals surface area contributed by atoms with Crippen LogP contribution in [-0.2, 0) is 32.6 Å². The van der Waals surface area contributed by atoms with Gasteiger partial charge in [-0.3, -0.25) is 4.79 Å². The van der Waals surface area contributed by atoms with Gasteiger partial charge in [0.15, 0.2) is 0 Å². The number of imidazole rings is 1. The third kappa shape index (κ3) is 5.58. The Morgan fingerprint density at radius 1 is 0.929 bits per heavy atom. The van der Waals surface area contributed by atoms with Crippen LogP contribution in [0.3, 0.4) is 0 Å². The van der Waals surface area contributed by atoms with Crippen molar-refractivity contribution < 1.29 is 31.1 Å². The number of para-hydroxylation sites is 1. The summed E-state index contributed by atoms with van der Waals surface area (Å²) in [6.45, 7) is 2.80. The summed E-state index contributed by atoms with van der Waals surface area (Å²) in [5.41, 5.74) is -1.29. The Morgan fingerprint density at radius 3 is 2.36 bits per heavy atom. The van der Waals surface area contributed by atoms with Gasteiger partial charge in [-0.15, -0.1) is 0 Å². The summed E-state index contributed by atoms with van der Waals surface area (Å²) in [4.78, 5) is 25.3. The molecule has 42 heavy (non-hydrogen) atoms. The molecule has 4 heterocycles. The SMILES string of the molecule is Cc1cc(-c2ncc(C)n2C)c2cccc(OCc3ccc(C(F)(F)F)nc3Cn3cccc(C(F)(F)F)c3=O)c2n1. The zero-order valence-electron chi connectivity index (χ0n) is 22.5. The molecular weight excluding hydrogens is 564 g/mol. The van der Waals surface area contributed by atoms with Crippen molar-refractivity contribution in [1.29, 1.82) is 0 Å². The van der Waals surface area contributed by atoms with E-state index >= 15 is 0 Å². The number of pyridine rings is 3. The van der Waals surface area contributed by atoms with Gasteiger partial charge < -0.3 is 13.9 Å². The molecule has 0 aliphatic rings. The van der Waals surface area contributed by atoms with Crippen LogP contribution in [0.5, 0.6) is 5.75 Å². The molecule has 5 rings (SSSR count). The summed E-state index contributed by atoms with van der Waals surface area (Å²) in [6.07, 6.45) is -6.95. The van der Waals surface area contributed by atoms with E-state index in [1.54, 1.807) is 25.3 Å². The number of halogens is 6. The number of rotatable bonds is 6. The first kappa shape index (κ1) is 28.8. The Labute approximate surface area is 235 Å². The Hall–Kier alpha value is -4.68. The van der Waals surface area contributed by atoms with Gasteiger partial charge in [-0.1, -0.05) is 18.2 Å². The highest BCUT2D eigenvalue weighted by Gasteiger charge is 2.35. The number of hydrogen-bond acceptors (Lipinski definition) is 5. The number of benzene rings is 1. The summed E-state index contributed by atoms with van der Waals surface area (Å²) < 4.78 is 88.9. The maximum atomic E-state index is 13.5. The van der Waals surface area contributed by atoms with Crippen LogP contribution in [0.25, 0.3) is 22.3 Å². The van der Waals surface area contributed by atoms with Crippen LogP contribution in [0.4, 0.5) is 26.3 Å². The molecule has 0 amide bonds. The van der Waals surface area contributed by atoms with Crippen molar-refractivity contribution in [2.24, 2.45) is 7.05 Å². The molecular formula is C29H23F6N5O2. The summed E-state index contributed by atoms with van der Waals surface area (Å²) in [5, 5.41) is 0.730. The van der Waals surface area contributed by atoms with Crippen LogP contribution in [0.15, 0.2) is 65.7 Å². The normalized spacial score (nSPS) is 12.2. The molecule has 5 aromatic rings. The van der Waals surface area contributed by atoms with Gasteiger partial charge in [0.25, 0.3) is 5.56 Å². The maximum Gasteiger partial charge on any atom is 0.433 e. The Morgan fingerprint density at radius 2 is 1.69 bits per heavy atom. The molecule has 13 heteroatoms. The number of fused-ring (bicyclic) bond motifs is 1. The van der Waals surface area contributed by atoms with E-state index in [1.807, 2.05) is 30.7 Å². The minimum atomic E-state index is -4.93. The first-order valence-corrected chi connectivity index (χ1v) is 12.6. The van der Waals surface area contributed by atoms with Gasteiger partial charge in [-0.05, 0) is 44.2 Å². The highest BCUT2D eigenvalue weighted by Crippen LogP contribution is 2.34. The third-order valence-electron chi connectivity index (χ3n) is 6.78. The molecule has 0 unspecified atom stereocenters. The van der Waals surface area contributed by atoms with Gasteiger partial charge in [-0.2, -0.15) is 26.3 Å². The van der Waals surface area contributed by atoms with Crippen LogP contribution in [0.2, 0.25) is 0 Å². The minimum Gasteiger partial charge on any atom is -0.487 e. The molecule has 7 nitrogen and oxygen atoms in total. The fourth-order valence-corrected chi connectivity index (χ4v) is 4.55. The zero-order valence-corrected chi connectivity index (χ0v) is 22.5. The van der Waals surface area contributed by atoms with Crippen LogP contribution in [0.1, 0.15) is 33.9 Å². The highest BCUT2D eigenvalue weighted by atomic mass is 19.4. The van der Waals surface area contributed by atoms with Gasteiger partial charge >= 0.3 is 12.4 Å². The molecule has 0 saturated carbocycles. The second-order valence-corrected chi connectivity index (χ2v) is 9.69. The number of nitrogens with zero attached hydrogens (tertiary/aromatic N) is 5. The molecule has 0 saturated heterocycles. The summed E-state index contributed by atoms with van der Waals surface area (Å²) in [7, 11) is 1.88. The molecule has 0 fully saturated rings. The number of ether oxygens (including phenoxy) is 1. The van der Waals surface area contributed by atoms with E-state index in [2.05, 4.69) is 15.0 Å².